The number of hydrogen-bond acceptors (Lipinski definition) is 3. The summed E-state index contributed by atoms with van der Waals surface area (Å²) < 4.78 is 5.59. The van der Waals surface area contributed by atoms with Gasteiger partial charge in [0.15, 0.2) is 10.9 Å². The highest BCUT2D eigenvalue weighted by Crippen LogP contribution is 2.24. The molecule has 6 heteroatoms. The van der Waals surface area contributed by atoms with Crippen molar-refractivity contribution in [1.29, 1.82) is 0 Å². The topological polar surface area (TPSA) is 66.3 Å². The fourth-order valence-electron chi connectivity index (χ4n) is 2.18. The molecule has 0 aliphatic carbocycles. The smallest absolute Gasteiger partial charge is 0.305 e. The van der Waals surface area contributed by atoms with Gasteiger partial charge in [-0.3, -0.25) is 15.6 Å². The van der Waals surface area contributed by atoms with Gasteiger partial charge in [0.1, 0.15) is 5.58 Å². The summed E-state index contributed by atoms with van der Waals surface area (Å²) >= 11 is 5.10. The molecule has 0 saturated carbocycles. The summed E-state index contributed by atoms with van der Waals surface area (Å²) in [6.07, 6.45) is 3.36. The zero-order valence-corrected chi connectivity index (χ0v) is 13.7. The van der Waals surface area contributed by atoms with Crippen molar-refractivity contribution >= 4 is 34.2 Å². The average Bonchev–Trinajstić information content (AvgIpc) is 2.87. The van der Waals surface area contributed by atoms with Gasteiger partial charge in [-0.1, -0.05) is 38.0 Å². The van der Waals surface area contributed by atoms with E-state index in [9.17, 15) is 4.79 Å². The van der Waals surface area contributed by atoms with Crippen LogP contribution in [0.4, 0.5) is 0 Å². The van der Waals surface area contributed by atoms with Gasteiger partial charge in [0.05, 0.1) is 0 Å². The number of fused-ring (bicyclic) bond motifs is 1. The van der Waals surface area contributed by atoms with Gasteiger partial charge >= 0.3 is 5.91 Å². The van der Waals surface area contributed by atoms with Crippen LogP contribution in [-0.4, -0.2) is 17.6 Å². The predicted molar refractivity (Wildman–Crippen MR) is 91.7 cm³/mol. The fraction of sp³-hybridized carbons (Fsp3) is 0.375. The number of furan rings is 1. The summed E-state index contributed by atoms with van der Waals surface area (Å²) in [6, 6.07) is 7.56. The van der Waals surface area contributed by atoms with Gasteiger partial charge < -0.3 is 9.73 Å². The second-order valence-electron chi connectivity index (χ2n) is 5.09. The van der Waals surface area contributed by atoms with Gasteiger partial charge in [0, 0.05) is 17.5 Å². The Hall–Kier alpha value is -2.08. The molecule has 118 valence electrons. The lowest BCUT2D eigenvalue weighted by Gasteiger charge is -2.10. The maximum Gasteiger partial charge on any atom is 0.305 e. The highest BCUT2D eigenvalue weighted by atomic mass is 32.1. The van der Waals surface area contributed by atoms with E-state index in [2.05, 4.69) is 23.1 Å². The molecule has 0 radical (unpaired) electrons. The number of carbonyl (C=O) groups is 1. The molecular formula is C16H21N3O2S. The molecule has 1 heterocycles. The van der Waals surface area contributed by atoms with Crippen molar-refractivity contribution in [3.05, 3.63) is 35.6 Å². The zero-order chi connectivity index (χ0) is 15.9. The van der Waals surface area contributed by atoms with Crippen molar-refractivity contribution in [3.8, 4) is 0 Å². The van der Waals surface area contributed by atoms with Crippen molar-refractivity contribution in [2.45, 2.75) is 33.1 Å². The van der Waals surface area contributed by atoms with E-state index in [0.717, 1.165) is 36.8 Å². The molecular weight excluding hydrogens is 298 g/mol. The first-order chi connectivity index (χ1) is 10.6. The monoisotopic (exact) mass is 319 g/mol. The van der Waals surface area contributed by atoms with Crippen molar-refractivity contribution in [1.82, 2.24) is 16.2 Å². The Bertz CT molecular complexity index is 666. The number of benzene rings is 1. The van der Waals surface area contributed by atoms with Gasteiger partial charge in [-0.2, -0.15) is 0 Å². The maximum absolute atomic E-state index is 12.2. The molecule has 0 bridgehead atoms. The van der Waals surface area contributed by atoms with Crippen LogP contribution in [0.15, 0.2) is 28.7 Å². The third-order valence-electron chi connectivity index (χ3n) is 3.41. The Morgan fingerprint density at radius 1 is 1.23 bits per heavy atom. The molecule has 0 aliphatic heterocycles. The lowest BCUT2D eigenvalue weighted by atomic mass is 10.1. The second-order valence-corrected chi connectivity index (χ2v) is 5.50. The van der Waals surface area contributed by atoms with Gasteiger partial charge in [-0.25, -0.2) is 0 Å². The Balaban J connectivity index is 1.89. The SMILES string of the molecule is CCCCCNC(=S)NNC(=O)c1oc2ccccc2c1C. The second kappa shape index (κ2) is 7.79. The highest BCUT2D eigenvalue weighted by molar-refractivity contribution is 7.80. The minimum atomic E-state index is -0.341. The third-order valence-corrected chi connectivity index (χ3v) is 3.65. The number of hydrogen-bond donors (Lipinski definition) is 3. The normalized spacial score (nSPS) is 10.5. The van der Waals surface area contributed by atoms with Gasteiger partial charge in [0.2, 0.25) is 0 Å². The molecule has 2 aromatic rings. The maximum atomic E-state index is 12.2. The Kier molecular flexibility index (Phi) is 5.77. The Morgan fingerprint density at radius 3 is 2.73 bits per heavy atom. The van der Waals surface area contributed by atoms with Crippen LogP contribution in [-0.2, 0) is 0 Å². The first-order valence-corrected chi connectivity index (χ1v) is 7.86. The van der Waals surface area contributed by atoms with Crippen LogP contribution in [0.2, 0.25) is 0 Å². The first-order valence-electron chi connectivity index (χ1n) is 7.45. The molecule has 1 amide bonds. The number of amides is 1. The Labute approximate surface area is 135 Å². The average molecular weight is 319 g/mol. The number of para-hydroxylation sites is 1. The van der Waals surface area contributed by atoms with Crippen LogP contribution < -0.4 is 16.2 Å². The van der Waals surface area contributed by atoms with Crippen molar-refractivity contribution in [3.63, 3.8) is 0 Å². The summed E-state index contributed by atoms with van der Waals surface area (Å²) in [6.45, 7) is 4.80. The fourth-order valence-corrected chi connectivity index (χ4v) is 2.34. The summed E-state index contributed by atoms with van der Waals surface area (Å²) in [5, 5.41) is 4.38. The van der Waals surface area contributed by atoms with Crippen LogP contribution in [0, 0.1) is 6.92 Å². The van der Waals surface area contributed by atoms with E-state index >= 15 is 0 Å². The molecule has 0 fully saturated rings. The first kappa shape index (κ1) is 16.3. The molecule has 0 aliphatic rings. The number of aryl methyl sites for hydroxylation is 1. The number of nitrogens with one attached hydrogen (secondary N) is 3. The molecule has 1 aromatic heterocycles. The number of carbonyl (C=O) groups excluding carboxylic acids is 1. The van der Waals surface area contributed by atoms with Crippen LogP contribution in [0.25, 0.3) is 11.0 Å². The van der Waals surface area contributed by atoms with Crippen LogP contribution in [0.3, 0.4) is 0 Å². The lowest BCUT2D eigenvalue weighted by molar-refractivity contribution is 0.0917. The van der Waals surface area contributed by atoms with Crippen molar-refractivity contribution in [2.75, 3.05) is 6.54 Å². The molecule has 0 unspecified atom stereocenters. The van der Waals surface area contributed by atoms with E-state index in [1.165, 1.54) is 0 Å². The van der Waals surface area contributed by atoms with E-state index in [-0.39, 0.29) is 5.91 Å². The largest absolute Gasteiger partial charge is 0.451 e. The van der Waals surface area contributed by atoms with E-state index < -0.39 is 0 Å². The zero-order valence-electron chi connectivity index (χ0n) is 12.9. The summed E-state index contributed by atoms with van der Waals surface area (Å²) in [4.78, 5) is 12.2. The van der Waals surface area contributed by atoms with Gasteiger partial charge in [-0.05, 0) is 31.6 Å². The minimum absolute atomic E-state index is 0.294. The standard InChI is InChI=1S/C16H21N3O2S/c1-3-4-7-10-17-16(22)19-18-15(20)14-11(2)12-8-5-6-9-13(12)21-14/h5-6,8-9H,3-4,7,10H2,1-2H3,(H,18,20)(H2,17,19,22). The molecule has 3 N–H and O–H groups in total. The van der Waals surface area contributed by atoms with Crippen molar-refractivity contribution < 1.29 is 9.21 Å². The third kappa shape index (κ3) is 3.98. The van der Waals surface area contributed by atoms with E-state index in [0.29, 0.717) is 16.5 Å². The van der Waals surface area contributed by atoms with Crippen LogP contribution in [0.1, 0.15) is 42.3 Å². The Morgan fingerprint density at radius 2 is 2.00 bits per heavy atom. The van der Waals surface area contributed by atoms with E-state index in [1.807, 2.05) is 31.2 Å². The molecule has 0 atom stereocenters. The highest BCUT2D eigenvalue weighted by Gasteiger charge is 2.17. The molecule has 5 nitrogen and oxygen atoms in total. The van der Waals surface area contributed by atoms with E-state index in [4.69, 9.17) is 16.6 Å². The molecule has 0 saturated heterocycles. The molecule has 22 heavy (non-hydrogen) atoms. The minimum Gasteiger partial charge on any atom is -0.451 e. The lowest BCUT2D eigenvalue weighted by Crippen LogP contribution is -2.47. The number of thiocarbonyl (C=S) groups is 1. The molecule has 0 spiro atoms. The quantitative estimate of drug-likeness (QED) is 0.449. The van der Waals surface area contributed by atoms with Gasteiger partial charge in [-0.15, -0.1) is 0 Å². The van der Waals surface area contributed by atoms with Gasteiger partial charge in [0.25, 0.3) is 0 Å². The summed E-state index contributed by atoms with van der Waals surface area (Å²) in [7, 11) is 0. The predicted octanol–water partition coefficient (Wildman–Crippen LogP) is 3.04. The summed E-state index contributed by atoms with van der Waals surface area (Å²) in [5.41, 5.74) is 6.76. The van der Waals surface area contributed by atoms with E-state index in [1.54, 1.807) is 0 Å². The van der Waals surface area contributed by atoms with Crippen LogP contribution in [0.5, 0.6) is 0 Å². The molecule has 1 aromatic carbocycles. The van der Waals surface area contributed by atoms with Crippen LogP contribution >= 0.6 is 12.2 Å². The number of hydrazine groups is 1. The number of rotatable bonds is 5. The van der Waals surface area contributed by atoms with Crippen molar-refractivity contribution in [2.24, 2.45) is 0 Å². The molecule has 2 rings (SSSR count). The summed E-state index contributed by atoms with van der Waals surface area (Å²) in [5.74, 6) is -0.0473. The number of unbranched alkanes of at least 4 members (excludes halogenated alkanes) is 2.